The fourth-order valence-corrected chi connectivity index (χ4v) is 3.21. The Labute approximate surface area is 170 Å². The number of thiazole rings is 1. The first-order valence-electron chi connectivity index (χ1n) is 8.97. The number of nitrogens with one attached hydrogen (secondary N) is 1. The van der Waals surface area contributed by atoms with Gasteiger partial charge in [0, 0.05) is 30.7 Å². The third-order valence-electron chi connectivity index (χ3n) is 3.84. The predicted molar refractivity (Wildman–Crippen MR) is 104 cm³/mol. The fraction of sp³-hybridized carbons (Fsp3) is 0.421. The molecule has 2 aromatic rings. The summed E-state index contributed by atoms with van der Waals surface area (Å²) in [6.07, 6.45) is -4.11. The van der Waals surface area contributed by atoms with Crippen molar-refractivity contribution in [1.82, 2.24) is 9.88 Å². The van der Waals surface area contributed by atoms with Crippen LogP contribution in [0.4, 0.5) is 18.3 Å². The van der Waals surface area contributed by atoms with Crippen molar-refractivity contribution in [2.45, 2.75) is 26.4 Å². The molecule has 1 heterocycles. The van der Waals surface area contributed by atoms with Gasteiger partial charge in [0.2, 0.25) is 5.91 Å². The number of hydrogen-bond acceptors (Lipinski definition) is 5. The topological polar surface area (TPSA) is 71.5 Å². The molecule has 0 saturated heterocycles. The number of carbonyl (C=O) groups excluding carboxylic acids is 2. The second-order valence-electron chi connectivity index (χ2n) is 6.20. The Morgan fingerprint density at radius 2 is 2.07 bits per heavy atom. The average Bonchev–Trinajstić information content (AvgIpc) is 3.07. The van der Waals surface area contributed by atoms with E-state index >= 15 is 0 Å². The fourth-order valence-electron chi connectivity index (χ4n) is 2.51. The molecule has 6 nitrogen and oxygen atoms in total. The van der Waals surface area contributed by atoms with E-state index in [0.29, 0.717) is 24.8 Å². The lowest BCUT2D eigenvalue weighted by Crippen LogP contribution is -2.39. The Bertz CT molecular complexity index is 839. The van der Waals surface area contributed by atoms with Crippen molar-refractivity contribution in [3.8, 4) is 0 Å². The summed E-state index contributed by atoms with van der Waals surface area (Å²) in [7, 11) is 0. The highest BCUT2D eigenvalue weighted by atomic mass is 32.1. The van der Waals surface area contributed by atoms with Crippen molar-refractivity contribution >= 4 is 28.3 Å². The minimum atomic E-state index is -4.56. The highest BCUT2D eigenvalue weighted by Gasteiger charge is 2.31. The van der Waals surface area contributed by atoms with Crippen LogP contribution in [0.1, 0.15) is 35.0 Å². The van der Waals surface area contributed by atoms with E-state index in [0.717, 1.165) is 17.8 Å². The number of alkyl halides is 3. The monoisotopic (exact) mass is 429 g/mol. The molecule has 1 aromatic carbocycles. The summed E-state index contributed by atoms with van der Waals surface area (Å²) in [5.74, 6) is -1.13. The molecule has 0 spiro atoms. The van der Waals surface area contributed by atoms with Gasteiger partial charge in [0.1, 0.15) is 6.54 Å². The summed E-state index contributed by atoms with van der Waals surface area (Å²) in [6, 6.07) is 4.16. The number of aromatic nitrogens is 1. The second kappa shape index (κ2) is 10.4. The predicted octanol–water partition coefficient (Wildman–Crippen LogP) is 3.98. The molecule has 158 valence electrons. The molecule has 0 unspecified atom stereocenters. The SMILES string of the molecule is CCOCCCN(CC(=O)Nc1nc(C)cs1)C(=O)c1cccc(C(F)(F)F)c1. The Morgan fingerprint density at radius 3 is 2.69 bits per heavy atom. The first-order valence-corrected chi connectivity index (χ1v) is 9.85. The van der Waals surface area contributed by atoms with Crippen LogP contribution in [0.25, 0.3) is 0 Å². The molecular formula is C19H22F3N3O3S. The zero-order chi connectivity index (χ0) is 21.4. The molecule has 0 aliphatic heterocycles. The highest BCUT2D eigenvalue weighted by molar-refractivity contribution is 7.13. The van der Waals surface area contributed by atoms with Gasteiger partial charge in [-0.05, 0) is 38.5 Å². The largest absolute Gasteiger partial charge is 0.416 e. The maximum atomic E-state index is 13.0. The third-order valence-corrected chi connectivity index (χ3v) is 4.72. The van der Waals surface area contributed by atoms with Crippen molar-refractivity contribution < 1.29 is 27.5 Å². The van der Waals surface area contributed by atoms with Gasteiger partial charge in [-0.1, -0.05) is 6.07 Å². The molecule has 2 rings (SSSR count). The molecule has 10 heteroatoms. The van der Waals surface area contributed by atoms with Crippen molar-refractivity contribution in [2.75, 3.05) is 31.6 Å². The Hall–Kier alpha value is -2.46. The zero-order valence-electron chi connectivity index (χ0n) is 16.1. The Balaban J connectivity index is 2.13. The molecule has 1 aromatic heterocycles. The molecule has 0 fully saturated rings. The normalized spacial score (nSPS) is 11.3. The molecule has 0 radical (unpaired) electrons. The van der Waals surface area contributed by atoms with Gasteiger partial charge >= 0.3 is 6.18 Å². The number of carbonyl (C=O) groups is 2. The minimum Gasteiger partial charge on any atom is -0.382 e. The quantitative estimate of drug-likeness (QED) is 0.612. The molecule has 0 aliphatic rings. The van der Waals surface area contributed by atoms with Gasteiger partial charge in [-0.15, -0.1) is 11.3 Å². The molecule has 2 amide bonds. The van der Waals surface area contributed by atoms with Gasteiger partial charge in [0.05, 0.1) is 11.3 Å². The summed E-state index contributed by atoms with van der Waals surface area (Å²) in [6.45, 7) is 4.35. The van der Waals surface area contributed by atoms with Gasteiger partial charge in [-0.2, -0.15) is 13.2 Å². The van der Waals surface area contributed by atoms with Crippen molar-refractivity contribution in [2.24, 2.45) is 0 Å². The summed E-state index contributed by atoms with van der Waals surface area (Å²) in [5, 5.41) is 4.76. The van der Waals surface area contributed by atoms with Crippen LogP contribution in [0.5, 0.6) is 0 Å². The number of hydrogen-bond donors (Lipinski definition) is 1. The summed E-state index contributed by atoms with van der Waals surface area (Å²) in [5.41, 5.74) is -0.298. The van der Waals surface area contributed by atoms with Crippen LogP contribution in [-0.2, 0) is 15.7 Å². The van der Waals surface area contributed by atoms with Crippen molar-refractivity contribution in [1.29, 1.82) is 0 Å². The Morgan fingerprint density at radius 1 is 1.31 bits per heavy atom. The number of aryl methyl sites for hydroxylation is 1. The number of benzene rings is 1. The van der Waals surface area contributed by atoms with E-state index in [2.05, 4.69) is 10.3 Å². The maximum Gasteiger partial charge on any atom is 0.416 e. The number of halogens is 3. The van der Waals surface area contributed by atoms with Crippen LogP contribution in [-0.4, -0.2) is 48.0 Å². The van der Waals surface area contributed by atoms with E-state index in [1.165, 1.54) is 28.4 Å². The second-order valence-corrected chi connectivity index (χ2v) is 7.06. The van der Waals surface area contributed by atoms with Gasteiger partial charge < -0.3 is 15.0 Å². The molecule has 29 heavy (non-hydrogen) atoms. The number of rotatable bonds is 9. The summed E-state index contributed by atoms with van der Waals surface area (Å²) < 4.78 is 44.1. The van der Waals surface area contributed by atoms with Gasteiger partial charge in [-0.25, -0.2) is 4.98 Å². The first-order chi connectivity index (χ1) is 13.7. The summed E-state index contributed by atoms with van der Waals surface area (Å²) >= 11 is 1.25. The van der Waals surface area contributed by atoms with Crippen molar-refractivity contribution in [3.63, 3.8) is 0 Å². The lowest BCUT2D eigenvalue weighted by atomic mass is 10.1. The van der Waals surface area contributed by atoms with E-state index in [-0.39, 0.29) is 18.7 Å². The molecule has 0 saturated carbocycles. The lowest BCUT2D eigenvalue weighted by Gasteiger charge is -2.22. The van der Waals surface area contributed by atoms with Crippen LogP contribution >= 0.6 is 11.3 Å². The van der Waals surface area contributed by atoms with Crippen LogP contribution in [0.15, 0.2) is 29.6 Å². The first kappa shape index (κ1) is 22.8. The number of amides is 2. The standard InChI is InChI=1S/C19H22F3N3O3S/c1-3-28-9-5-8-25(11-16(26)24-18-23-13(2)12-29-18)17(27)14-6-4-7-15(10-14)19(20,21)22/h4,6-7,10,12H,3,5,8-9,11H2,1-2H3,(H,23,24,26). The number of ether oxygens (including phenoxy) is 1. The third kappa shape index (κ3) is 7.13. The van der Waals surface area contributed by atoms with Crippen LogP contribution in [0.3, 0.4) is 0 Å². The van der Waals surface area contributed by atoms with Crippen molar-refractivity contribution in [3.05, 3.63) is 46.5 Å². The van der Waals surface area contributed by atoms with Crippen LogP contribution < -0.4 is 5.32 Å². The zero-order valence-corrected chi connectivity index (χ0v) is 16.9. The minimum absolute atomic E-state index is 0.130. The summed E-state index contributed by atoms with van der Waals surface area (Å²) in [4.78, 5) is 30.5. The van der Waals surface area contributed by atoms with E-state index in [1.54, 1.807) is 12.3 Å². The smallest absolute Gasteiger partial charge is 0.382 e. The van der Waals surface area contributed by atoms with Crippen LogP contribution in [0.2, 0.25) is 0 Å². The van der Waals surface area contributed by atoms with Gasteiger partial charge in [0.15, 0.2) is 5.13 Å². The van der Waals surface area contributed by atoms with E-state index < -0.39 is 23.6 Å². The molecule has 0 aliphatic carbocycles. The molecule has 0 bridgehead atoms. The van der Waals surface area contributed by atoms with E-state index in [4.69, 9.17) is 4.74 Å². The lowest BCUT2D eigenvalue weighted by molar-refractivity contribution is -0.137. The average molecular weight is 429 g/mol. The highest BCUT2D eigenvalue weighted by Crippen LogP contribution is 2.29. The molecule has 0 atom stereocenters. The number of anilines is 1. The van der Waals surface area contributed by atoms with E-state index in [1.807, 2.05) is 6.92 Å². The van der Waals surface area contributed by atoms with Gasteiger partial charge in [0.25, 0.3) is 5.91 Å². The molecule has 1 N–H and O–H groups in total. The van der Waals surface area contributed by atoms with E-state index in [9.17, 15) is 22.8 Å². The van der Waals surface area contributed by atoms with Gasteiger partial charge in [-0.3, -0.25) is 9.59 Å². The van der Waals surface area contributed by atoms with Crippen LogP contribution in [0, 0.1) is 6.92 Å². The molecular weight excluding hydrogens is 407 g/mol. The Kier molecular flexibility index (Phi) is 8.15. The number of nitrogens with zero attached hydrogens (tertiary/aromatic N) is 2. The maximum absolute atomic E-state index is 13.0.